The molecule has 1 aromatic rings. The molecule has 2 aliphatic heterocycles. The van der Waals surface area contributed by atoms with Crippen molar-refractivity contribution < 1.29 is 38.6 Å². The number of rotatable bonds is 9. The first-order valence-corrected chi connectivity index (χ1v) is 11.8. The van der Waals surface area contributed by atoms with Crippen LogP contribution in [0.5, 0.6) is 0 Å². The summed E-state index contributed by atoms with van der Waals surface area (Å²) in [7, 11) is 0. The molecule has 1 saturated heterocycles. The van der Waals surface area contributed by atoms with Crippen molar-refractivity contribution in [1.82, 2.24) is 15.2 Å². The first-order chi connectivity index (χ1) is 16.1. The summed E-state index contributed by atoms with van der Waals surface area (Å²) in [6, 6.07) is -0.844. The van der Waals surface area contributed by atoms with Crippen LogP contribution >= 0.6 is 11.8 Å². The quantitative estimate of drug-likeness (QED) is 0.338. The fourth-order valence-electron chi connectivity index (χ4n) is 4.04. The highest BCUT2D eigenvalue weighted by molar-refractivity contribution is 8.00. The van der Waals surface area contributed by atoms with Crippen molar-refractivity contribution in [2.24, 2.45) is 0 Å². The van der Waals surface area contributed by atoms with E-state index in [0.29, 0.717) is 28.8 Å². The molecule has 1 aromatic heterocycles. The van der Waals surface area contributed by atoms with Gasteiger partial charge in [0.15, 0.2) is 0 Å². The Bertz CT molecular complexity index is 1080. The number of β-lactam (4-membered cyclic amide) rings is 1. The molecule has 0 bridgehead atoms. The maximum absolute atomic E-state index is 12.7. The Labute approximate surface area is 200 Å². The van der Waals surface area contributed by atoms with Crippen LogP contribution in [0.1, 0.15) is 47.6 Å². The predicted octanol–water partition coefficient (Wildman–Crippen LogP) is 1.04. The number of esters is 2. The lowest BCUT2D eigenvalue weighted by atomic mass is 10.0. The van der Waals surface area contributed by atoms with Gasteiger partial charge >= 0.3 is 17.9 Å². The smallest absolute Gasteiger partial charge is 0.352 e. The fraction of sp³-hybridized carbons (Fsp3) is 0.500. The van der Waals surface area contributed by atoms with E-state index in [9.17, 15) is 29.1 Å². The van der Waals surface area contributed by atoms with Crippen molar-refractivity contribution in [2.75, 3.05) is 19.0 Å². The number of aryl methyl sites for hydroxylation is 2. The minimum atomic E-state index is -1.29. The first kappa shape index (κ1) is 25.3. The molecule has 12 heteroatoms. The summed E-state index contributed by atoms with van der Waals surface area (Å²) in [5.74, 6) is -2.90. The summed E-state index contributed by atoms with van der Waals surface area (Å²) in [4.78, 5) is 64.4. The Morgan fingerprint density at radius 3 is 2.56 bits per heavy atom. The van der Waals surface area contributed by atoms with Crippen molar-refractivity contribution in [3.05, 3.63) is 33.8 Å². The second-order valence-electron chi connectivity index (χ2n) is 7.94. The summed E-state index contributed by atoms with van der Waals surface area (Å²) in [5, 5.41) is 11.7. The second-order valence-corrected chi connectivity index (χ2v) is 9.05. The molecule has 0 saturated carbocycles. The molecule has 0 aliphatic carbocycles. The average molecular weight is 494 g/mol. The highest BCUT2D eigenvalue weighted by Gasteiger charge is 2.54. The Hall–Kier alpha value is -3.28. The van der Waals surface area contributed by atoms with Gasteiger partial charge in [0, 0.05) is 36.1 Å². The number of hydrogen-bond donors (Lipinski definition) is 3. The molecular weight excluding hydrogens is 466 g/mol. The number of nitrogens with zero attached hydrogens (tertiary/aromatic N) is 1. The van der Waals surface area contributed by atoms with E-state index in [2.05, 4.69) is 10.3 Å². The van der Waals surface area contributed by atoms with Crippen molar-refractivity contribution in [3.8, 4) is 0 Å². The van der Waals surface area contributed by atoms with Crippen LogP contribution in [-0.4, -0.2) is 75.1 Å². The number of carboxylic acids is 1. The van der Waals surface area contributed by atoms with Gasteiger partial charge in [-0.25, -0.2) is 9.59 Å². The monoisotopic (exact) mass is 493 g/mol. The molecule has 1 fully saturated rings. The molecule has 2 aliphatic rings. The zero-order chi connectivity index (χ0) is 25.2. The SMILES string of the molecule is CCOC(=O)c1c(C)[nH]c(CCC(=O)N[C@@H]2C(=O)N3C(C(=O)O)=C(COC(C)=O)CS[C@H]23)c1C. The van der Waals surface area contributed by atoms with E-state index in [1.165, 1.54) is 18.7 Å². The molecule has 11 nitrogen and oxygen atoms in total. The maximum atomic E-state index is 12.7. The molecule has 0 aromatic carbocycles. The van der Waals surface area contributed by atoms with Crippen LogP contribution in [0.3, 0.4) is 0 Å². The van der Waals surface area contributed by atoms with E-state index in [1.54, 1.807) is 20.8 Å². The number of aliphatic carboxylic acids is 1. The van der Waals surface area contributed by atoms with Crippen LogP contribution in [0, 0.1) is 13.8 Å². The number of hydrogen-bond acceptors (Lipinski definition) is 8. The number of fused-ring (bicyclic) bond motifs is 1. The lowest BCUT2D eigenvalue weighted by Gasteiger charge is -2.49. The van der Waals surface area contributed by atoms with Crippen molar-refractivity contribution in [2.45, 2.75) is 52.0 Å². The summed E-state index contributed by atoms with van der Waals surface area (Å²) in [6.07, 6.45) is 0.400. The number of amides is 2. The van der Waals surface area contributed by atoms with Gasteiger partial charge in [-0.1, -0.05) is 0 Å². The standard InChI is InChI=1S/C22H27N3O8S/c1-5-32-22(31)16-10(2)14(23-11(16)3)6-7-15(27)24-17-19(28)25-18(21(29)30)13(8-33-12(4)26)9-34-20(17)25/h17,20,23H,5-9H2,1-4H3,(H,24,27)(H,29,30)/t17-,20-/m1/s1. The Morgan fingerprint density at radius 1 is 1.24 bits per heavy atom. The molecule has 3 rings (SSSR count). The molecule has 3 N–H and O–H groups in total. The van der Waals surface area contributed by atoms with Crippen molar-refractivity contribution in [3.63, 3.8) is 0 Å². The van der Waals surface area contributed by atoms with E-state index >= 15 is 0 Å². The average Bonchev–Trinajstić information content (AvgIpc) is 3.06. The largest absolute Gasteiger partial charge is 0.477 e. The van der Waals surface area contributed by atoms with Gasteiger partial charge in [-0.05, 0) is 32.8 Å². The van der Waals surface area contributed by atoms with Gasteiger partial charge in [0.1, 0.15) is 23.7 Å². The number of carbonyl (C=O) groups is 5. The van der Waals surface area contributed by atoms with E-state index in [1.807, 2.05) is 0 Å². The third-order valence-electron chi connectivity index (χ3n) is 5.64. The Balaban J connectivity index is 1.62. The second kappa shape index (κ2) is 10.3. The number of nitrogens with one attached hydrogen (secondary N) is 2. The fourth-order valence-corrected chi connectivity index (χ4v) is 5.37. The van der Waals surface area contributed by atoms with Gasteiger partial charge < -0.3 is 24.9 Å². The summed E-state index contributed by atoms with van der Waals surface area (Å²) in [6.45, 7) is 6.53. The molecule has 0 unspecified atom stereocenters. The summed E-state index contributed by atoms with van der Waals surface area (Å²) >= 11 is 1.30. The van der Waals surface area contributed by atoms with E-state index in [0.717, 1.165) is 10.6 Å². The van der Waals surface area contributed by atoms with Crippen LogP contribution < -0.4 is 5.32 Å². The van der Waals surface area contributed by atoms with Gasteiger partial charge in [0.05, 0.1) is 12.2 Å². The van der Waals surface area contributed by atoms with E-state index in [4.69, 9.17) is 9.47 Å². The molecule has 0 radical (unpaired) electrons. The van der Waals surface area contributed by atoms with E-state index in [-0.39, 0.29) is 37.0 Å². The zero-order valence-electron chi connectivity index (χ0n) is 19.4. The Kier molecular flexibility index (Phi) is 7.70. The van der Waals surface area contributed by atoms with Gasteiger partial charge in [-0.15, -0.1) is 11.8 Å². The molecule has 3 heterocycles. The number of aromatic nitrogens is 1. The van der Waals surface area contributed by atoms with Crippen LogP contribution in [0.4, 0.5) is 0 Å². The van der Waals surface area contributed by atoms with Crippen LogP contribution in [0.2, 0.25) is 0 Å². The third-order valence-corrected chi connectivity index (χ3v) is 6.98. The minimum absolute atomic E-state index is 0.0730. The van der Waals surface area contributed by atoms with Crippen molar-refractivity contribution >= 4 is 41.5 Å². The molecule has 184 valence electrons. The number of carboxylic acid groups (broad SMARTS) is 1. The Morgan fingerprint density at radius 2 is 1.94 bits per heavy atom. The lowest BCUT2D eigenvalue weighted by molar-refractivity contribution is -0.151. The van der Waals surface area contributed by atoms with Gasteiger partial charge in [0.25, 0.3) is 5.91 Å². The van der Waals surface area contributed by atoms with Gasteiger partial charge in [-0.2, -0.15) is 0 Å². The van der Waals surface area contributed by atoms with Gasteiger partial charge in [0.2, 0.25) is 5.91 Å². The molecule has 2 amide bonds. The number of H-pyrrole nitrogens is 1. The van der Waals surface area contributed by atoms with Gasteiger partial charge in [-0.3, -0.25) is 19.3 Å². The highest BCUT2D eigenvalue weighted by atomic mass is 32.2. The highest BCUT2D eigenvalue weighted by Crippen LogP contribution is 2.40. The summed E-state index contributed by atoms with van der Waals surface area (Å²) < 4.78 is 9.98. The van der Waals surface area contributed by atoms with Crippen LogP contribution in [0.25, 0.3) is 0 Å². The number of thioether (sulfide) groups is 1. The lowest BCUT2D eigenvalue weighted by Crippen LogP contribution is -2.70. The first-order valence-electron chi connectivity index (χ1n) is 10.7. The predicted molar refractivity (Wildman–Crippen MR) is 121 cm³/mol. The van der Waals surface area contributed by atoms with E-state index < -0.39 is 35.2 Å². The number of ether oxygens (including phenoxy) is 2. The van der Waals surface area contributed by atoms with Crippen molar-refractivity contribution in [1.29, 1.82) is 0 Å². The van der Waals surface area contributed by atoms with Crippen LogP contribution in [0.15, 0.2) is 11.3 Å². The molecule has 0 spiro atoms. The molecule has 2 atom stereocenters. The summed E-state index contributed by atoms with van der Waals surface area (Å²) in [5.41, 5.74) is 2.69. The zero-order valence-corrected chi connectivity index (χ0v) is 20.2. The molecular formula is C22H27N3O8S. The normalized spacial score (nSPS) is 19.3. The topological polar surface area (TPSA) is 155 Å². The maximum Gasteiger partial charge on any atom is 0.352 e. The number of carbonyl (C=O) groups excluding carboxylic acids is 4. The third kappa shape index (κ3) is 4.96. The minimum Gasteiger partial charge on any atom is -0.477 e. The van der Waals surface area contributed by atoms with Crippen LogP contribution in [-0.2, 0) is 35.1 Å². The molecule has 34 heavy (non-hydrogen) atoms. The number of aromatic amines is 1.